The summed E-state index contributed by atoms with van der Waals surface area (Å²) in [5.41, 5.74) is 2.09. The number of benzene rings is 3. The third kappa shape index (κ3) is 4.68. The van der Waals surface area contributed by atoms with E-state index in [1.54, 1.807) is 79.7 Å². The molecule has 0 amide bonds. The molecule has 0 saturated carbocycles. The van der Waals surface area contributed by atoms with Crippen molar-refractivity contribution in [2.75, 3.05) is 13.2 Å². The van der Waals surface area contributed by atoms with Crippen LogP contribution in [0.2, 0.25) is 0 Å². The summed E-state index contributed by atoms with van der Waals surface area (Å²) in [5, 5.41) is 10.4. The number of para-hydroxylation sites is 1. The lowest BCUT2D eigenvalue weighted by atomic mass is 10.1. The summed E-state index contributed by atoms with van der Waals surface area (Å²) < 4.78 is 12.0. The molecule has 0 aliphatic rings. The summed E-state index contributed by atoms with van der Waals surface area (Å²) in [6, 6.07) is 18.8. The van der Waals surface area contributed by atoms with Crippen molar-refractivity contribution in [2.45, 2.75) is 13.8 Å². The van der Waals surface area contributed by atoms with E-state index in [0.717, 1.165) is 5.56 Å². The largest absolute Gasteiger partial charge is 0.504 e. The second-order valence-corrected chi connectivity index (χ2v) is 7.39. The molecule has 172 valence electrons. The van der Waals surface area contributed by atoms with Crippen LogP contribution in [0.25, 0.3) is 28.7 Å². The van der Waals surface area contributed by atoms with Crippen molar-refractivity contribution in [3.8, 4) is 17.2 Å². The maximum Gasteiger partial charge on any atom is 0.338 e. The van der Waals surface area contributed by atoms with Gasteiger partial charge in [-0.05, 0) is 74.0 Å². The molecule has 4 rings (SSSR count). The van der Waals surface area contributed by atoms with E-state index >= 15 is 0 Å². The number of carbonyl (C=O) groups is 1. The second-order valence-electron chi connectivity index (χ2n) is 7.39. The van der Waals surface area contributed by atoms with Gasteiger partial charge in [0.1, 0.15) is 5.82 Å². The Labute approximate surface area is 196 Å². The zero-order chi connectivity index (χ0) is 24.1. The number of rotatable bonds is 7. The summed E-state index contributed by atoms with van der Waals surface area (Å²) in [5.74, 6) is 0.429. The number of hydrogen-bond donors (Lipinski definition) is 1. The van der Waals surface area contributed by atoms with E-state index in [9.17, 15) is 14.7 Å². The fraction of sp³-hybridized carbons (Fsp3) is 0.148. The molecule has 0 spiro atoms. The number of hydrogen-bond acceptors (Lipinski definition) is 6. The van der Waals surface area contributed by atoms with Crippen molar-refractivity contribution in [3.05, 3.63) is 94.0 Å². The van der Waals surface area contributed by atoms with Crippen LogP contribution in [0, 0.1) is 0 Å². The van der Waals surface area contributed by atoms with Crippen LogP contribution >= 0.6 is 0 Å². The Morgan fingerprint density at radius 2 is 1.76 bits per heavy atom. The molecule has 3 aromatic carbocycles. The van der Waals surface area contributed by atoms with E-state index in [1.807, 2.05) is 13.0 Å². The van der Waals surface area contributed by atoms with Crippen molar-refractivity contribution in [2.24, 2.45) is 0 Å². The van der Waals surface area contributed by atoms with E-state index in [2.05, 4.69) is 0 Å². The zero-order valence-corrected chi connectivity index (χ0v) is 18.9. The molecule has 0 aliphatic carbocycles. The Hall–Kier alpha value is -4.39. The Balaban J connectivity index is 1.81. The minimum atomic E-state index is -0.421. The lowest BCUT2D eigenvalue weighted by Crippen LogP contribution is -2.22. The lowest BCUT2D eigenvalue weighted by molar-refractivity contribution is 0.0526. The third-order valence-electron chi connectivity index (χ3n) is 5.15. The molecule has 7 heteroatoms. The van der Waals surface area contributed by atoms with Crippen molar-refractivity contribution >= 4 is 29.0 Å². The van der Waals surface area contributed by atoms with Gasteiger partial charge >= 0.3 is 5.97 Å². The number of aromatic hydroxyl groups is 1. The van der Waals surface area contributed by atoms with Crippen LogP contribution in [0.4, 0.5) is 0 Å². The van der Waals surface area contributed by atoms with Gasteiger partial charge in [0.25, 0.3) is 5.56 Å². The molecule has 0 aliphatic heterocycles. The van der Waals surface area contributed by atoms with Crippen molar-refractivity contribution in [1.29, 1.82) is 0 Å². The number of phenolic OH excluding ortho intramolecular Hbond substituents is 1. The smallest absolute Gasteiger partial charge is 0.338 e. The topological polar surface area (TPSA) is 90.7 Å². The highest BCUT2D eigenvalue weighted by molar-refractivity contribution is 5.89. The SMILES string of the molecule is CCOC(=O)c1ccc(-n2c(/C=C\c3ccc(O)c(OCC)c3)nc3ccccc3c2=O)cc1. The molecule has 0 fully saturated rings. The molecule has 0 atom stereocenters. The van der Waals surface area contributed by atoms with Crippen LogP contribution in [-0.2, 0) is 4.74 Å². The maximum atomic E-state index is 13.4. The van der Waals surface area contributed by atoms with Gasteiger partial charge < -0.3 is 14.6 Å². The van der Waals surface area contributed by atoms with E-state index in [0.29, 0.717) is 40.3 Å². The fourth-order valence-electron chi connectivity index (χ4n) is 3.55. The molecule has 1 aromatic heterocycles. The Bertz CT molecular complexity index is 1420. The van der Waals surface area contributed by atoms with Crippen LogP contribution in [0.5, 0.6) is 11.5 Å². The number of fused-ring (bicyclic) bond motifs is 1. The van der Waals surface area contributed by atoms with Crippen LogP contribution in [0.3, 0.4) is 0 Å². The number of esters is 1. The highest BCUT2D eigenvalue weighted by atomic mass is 16.5. The van der Waals surface area contributed by atoms with E-state index in [4.69, 9.17) is 14.5 Å². The number of aromatic nitrogens is 2. The van der Waals surface area contributed by atoms with Crippen LogP contribution in [0.15, 0.2) is 71.5 Å². The maximum absolute atomic E-state index is 13.4. The minimum absolute atomic E-state index is 0.0569. The van der Waals surface area contributed by atoms with Gasteiger partial charge in [-0.25, -0.2) is 9.78 Å². The summed E-state index contributed by atoms with van der Waals surface area (Å²) in [6.45, 7) is 4.30. The second kappa shape index (κ2) is 10.0. The van der Waals surface area contributed by atoms with Gasteiger partial charge in [-0.1, -0.05) is 24.3 Å². The molecule has 1 N–H and O–H groups in total. The molecule has 0 saturated heterocycles. The normalized spacial score (nSPS) is 11.1. The molecule has 0 radical (unpaired) electrons. The number of carbonyl (C=O) groups excluding carboxylic acids is 1. The summed E-state index contributed by atoms with van der Waals surface area (Å²) in [6.07, 6.45) is 3.52. The van der Waals surface area contributed by atoms with Crippen molar-refractivity contribution in [1.82, 2.24) is 9.55 Å². The van der Waals surface area contributed by atoms with Crippen molar-refractivity contribution in [3.63, 3.8) is 0 Å². The average Bonchev–Trinajstić information content (AvgIpc) is 2.85. The van der Waals surface area contributed by atoms with Gasteiger partial charge in [0.2, 0.25) is 0 Å². The molecule has 7 nitrogen and oxygen atoms in total. The van der Waals surface area contributed by atoms with Crippen LogP contribution in [-0.4, -0.2) is 33.8 Å². The summed E-state index contributed by atoms with van der Waals surface area (Å²) in [7, 11) is 0. The lowest BCUT2D eigenvalue weighted by Gasteiger charge is -2.12. The summed E-state index contributed by atoms with van der Waals surface area (Å²) >= 11 is 0. The third-order valence-corrected chi connectivity index (χ3v) is 5.15. The zero-order valence-electron chi connectivity index (χ0n) is 18.9. The number of nitrogens with zero attached hydrogens (tertiary/aromatic N) is 2. The van der Waals surface area contributed by atoms with Gasteiger partial charge in [-0.15, -0.1) is 0 Å². The molecule has 0 unspecified atom stereocenters. The average molecular weight is 456 g/mol. The van der Waals surface area contributed by atoms with E-state index < -0.39 is 5.97 Å². The molecular weight excluding hydrogens is 432 g/mol. The van der Waals surface area contributed by atoms with Crippen molar-refractivity contribution < 1.29 is 19.4 Å². The number of ether oxygens (including phenoxy) is 2. The summed E-state index contributed by atoms with van der Waals surface area (Å²) in [4.78, 5) is 30.1. The Kier molecular flexibility index (Phi) is 6.73. The van der Waals surface area contributed by atoms with Crippen LogP contribution < -0.4 is 10.3 Å². The fourth-order valence-corrected chi connectivity index (χ4v) is 3.55. The predicted octanol–water partition coefficient (Wildman–Crippen LogP) is 4.84. The highest BCUT2D eigenvalue weighted by Crippen LogP contribution is 2.27. The Morgan fingerprint density at radius 1 is 1.00 bits per heavy atom. The Morgan fingerprint density at radius 3 is 2.50 bits per heavy atom. The first-order chi connectivity index (χ1) is 16.5. The van der Waals surface area contributed by atoms with Gasteiger partial charge in [-0.2, -0.15) is 0 Å². The quantitative estimate of drug-likeness (QED) is 0.400. The van der Waals surface area contributed by atoms with Gasteiger partial charge in [-0.3, -0.25) is 9.36 Å². The molecular formula is C27H24N2O5. The first-order valence-electron chi connectivity index (χ1n) is 10.9. The monoisotopic (exact) mass is 456 g/mol. The standard InChI is InChI=1S/C27H24N2O5/c1-3-33-24-17-18(9-15-23(24)30)10-16-25-28-22-8-6-5-7-21(22)26(31)29(25)20-13-11-19(12-14-20)27(32)34-4-2/h5-17,30H,3-4H2,1-2H3/b16-10-. The van der Waals surface area contributed by atoms with Gasteiger partial charge in [0, 0.05) is 0 Å². The first kappa shape index (κ1) is 22.8. The first-order valence-corrected chi connectivity index (χ1v) is 10.9. The number of phenols is 1. The minimum Gasteiger partial charge on any atom is -0.504 e. The van der Waals surface area contributed by atoms with Crippen LogP contribution in [0.1, 0.15) is 35.6 Å². The van der Waals surface area contributed by atoms with Gasteiger partial charge in [0.05, 0.1) is 35.4 Å². The van der Waals surface area contributed by atoms with E-state index in [1.165, 1.54) is 4.57 Å². The molecule has 34 heavy (non-hydrogen) atoms. The molecule has 0 bridgehead atoms. The molecule has 4 aromatic rings. The highest BCUT2D eigenvalue weighted by Gasteiger charge is 2.13. The van der Waals surface area contributed by atoms with E-state index in [-0.39, 0.29) is 17.9 Å². The van der Waals surface area contributed by atoms with Gasteiger partial charge in [0.15, 0.2) is 11.5 Å². The predicted molar refractivity (Wildman–Crippen MR) is 132 cm³/mol. The molecule has 1 heterocycles.